The Kier molecular flexibility index (Phi) is 5.32. The number of hydrogen-bond acceptors (Lipinski definition) is 4. The molecule has 6 heteroatoms. The number of thiazole rings is 1. The van der Waals surface area contributed by atoms with Crippen molar-refractivity contribution in [1.82, 2.24) is 4.98 Å². The SMILES string of the molecule is CCc1ccccc1Nc1nc(C)c(C(=O)Nc2cc(C)ccc2F)s1. The number of anilines is 3. The number of benzene rings is 2. The van der Waals surface area contributed by atoms with Crippen molar-refractivity contribution >= 4 is 33.8 Å². The van der Waals surface area contributed by atoms with E-state index >= 15 is 0 Å². The van der Waals surface area contributed by atoms with E-state index in [-0.39, 0.29) is 11.6 Å². The minimum absolute atomic E-state index is 0.175. The molecule has 0 saturated heterocycles. The molecular formula is C20H20FN3OS. The van der Waals surface area contributed by atoms with Crippen LogP contribution in [0.1, 0.15) is 33.4 Å². The summed E-state index contributed by atoms with van der Waals surface area (Å²) in [5, 5.41) is 6.55. The summed E-state index contributed by atoms with van der Waals surface area (Å²) < 4.78 is 13.9. The van der Waals surface area contributed by atoms with Crippen molar-refractivity contribution in [3.05, 3.63) is 70.0 Å². The van der Waals surface area contributed by atoms with E-state index in [1.807, 2.05) is 25.1 Å². The van der Waals surface area contributed by atoms with Crippen LogP contribution in [-0.4, -0.2) is 10.9 Å². The van der Waals surface area contributed by atoms with Gasteiger partial charge in [0.1, 0.15) is 10.7 Å². The van der Waals surface area contributed by atoms with E-state index in [4.69, 9.17) is 0 Å². The first-order chi connectivity index (χ1) is 12.5. The van der Waals surface area contributed by atoms with Crippen LogP contribution in [0.5, 0.6) is 0 Å². The number of amides is 1. The van der Waals surface area contributed by atoms with Crippen LogP contribution in [0.4, 0.5) is 20.9 Å². The summed E-state index contributed by atoms with van der Waals surface area (Å²) in [5.41, 5.74) is 3.81. The number of carbonyl (C=O) groups excluding carboxylic acids is 1. The van der Waals surface area contributed by atoms with Gasteiger partial charge in [-0.2, -0.15) is 0 Å². The monoisotopic (exact) mass is 369 g/mol. The third-order valence-corrected chi connectivity index (χ3v) is 5.08. The van der Waals surface area contributed by atoms with Gasteiger partial charge in [-0.3, -0.25) is 4.79 Å². The largest absolute Gasteiger partial charge is 0.331 e. The van der Waals surface area contributed by atoms with E-state index in [0.29, 0.717) is 15.7 Å². The zero-order valence-electron chi connectivity index (χ0n) is 14.9. The van der Waals surface area contributed by atoms with Crippen LogP contribution in [0.15, 0.2) is 42.5 Å². The average molecular weight is 369 g/mol. The molecule has 0 aliphatic heterocycles. The molecule has 0 bridgehead atoms. The molecule has 0 atom stereocenters. The van der Waals surface area contributed by atoms with Crippen LogP contribution < -0.4 is 10.6 Å². The molecule has 2 N–H and O–H groups in total. The van der Waals surface area contributed by atoms with Crippen LogP contribution in [-0.2, 0) is 6.42 Å². The molecule has 26 heavy (non-hydrogen) atoms. The lowest BCUT2D eigenvalue weighted by Crippen LogP contribution is -2.12. The molecule has 0 aliphatic carbocycles. The first kappa shape index (κ1) is 18.1. The number of hydrogen-bond donors (Lipinski definition) is 2. The lowest BCUT2D eigenvalue weighted by atomic mass is 10.1. The van der Waals surface area contributed by atoms with E-state index < -0.39 is 5.82 Å². The number of rotatable bonds is 5. The van der Waals surface area contributed by atoms with E-state index in [1.165, 1.54) is 23.0 Å². The van der Waals surface area contributed by atoms with Crippen molar-refractivity contribution < 1.29 is 9.18 Å². The number of aromatic nitrogens is 1. The van der Waals surface area contributed by atoms with Crippen molar-refractivity contribution in [2.45, 2.75) is 27.2 Å². The highest BCUT2D eigenvalue weighted by molar-refractivity contribution is 7.17. The molecule has 0 fully saturated rings. The molecule has 0 saturated carbocycles. The highest BCUT2D eigenvalue weighted by Gasteiger charge is 2.17. The Morgan fingerprint density at radius 3 is 2.69 bits per heavy atom. The minimum Gasteiger partial charge on any atom is -0.331 e. The van der Waals surface area contributed by atoms with Crippen molar-refractivity contribution in [3.63, 3.8) is 0 Å². The maximum Gasteiger partial charge on any atom is 0.267 e. The number of carbonyl (C=O) groups is 1. The molecule has 3 aromatic rings. The van der Waals surface area contributed by atoms with Gasteiger partial charge in [-0.25, -0.2) is 9.37 Å². The molecule has 134 valence electrons. The Balaban J connectivity index is 1.81. The Morgan fingerprint density at radius 2 is 1.92 bits per heavy atom. The first-order valence-corrected chi connectivity index (χ1v) is 9.19. The van der Waals surface area contributed by atoms with Gasteiger partial charge < -0.3 is 10.6 Å². The third-order valence-electron chi connectivity index (χ3n) is 4.01. The average Bonchev–Trinajstić information content (AvgIpc) is 2.99. The van der Waals surface area contributed by atoms with E-state index in [2.05, 4.69) is 28.6 Å². The lowest BCUT2D eigenvalue weighted by molar-refractivity contribution is 0.102. The van der Waals surface area contributed by atoms with Crippen molar-refractivity contribution in [1.29, 1.82) is 0 Å². The summed E-state index contributed by atoms with van der Waals surface area (Å²) in [5.74, 6) is -0.817. The quantitative estimate of drug-likeness (QED) is 0.628. The maximum absolute atomic E-state index is 13.9. The van der Waals surface area contributed by atoms with E-state index in [0.717, 1.165) is 17.7 Å². The first-order valence-electron chi connectivity index (χ1n) is 8.37. The van der Waals surface area contributed by atoms with Gasteiger partial charge in [0.25, 0.3) is 5.91 Å². The second kappa shape index (κ2) is 7.66. The van der Waals surface area contributed by atoms with Crippen molar-refractivity contribution in [2.75, 3.05) is 10.6 Å². The molecule has 3 rings (SSSR count). The van der Waals surface area contributed by atoms with Gasteiger partial charge in [-0.1, -0.05) is 42.5 Å². The standard InChI is InChI=1S/C20H20FN3OS/c1-4-14-7-5-6-8-16(14)24-20-22-13(3)18(26-20)19(25)23-17-11-12(2)9-10-15(17)21/h5-11H,4H2,1-3H3,(H,22,24)(H,23,25). The smallest absolute Gasteiger partial charge is 0.267 e. The predicted octanol–water partition coefficient (Wildman–Crippen LogP) is 5.46. The highest BCUT2D eigenvalue weighted by Crippen LogP contribution is 2.28. The second-order valence-corrected chi connectivity index (χ2v) is 7.01. The number of para-hydroxylation sites is 1. The molecule has 1 aromatic heterocycles. The van der Waals surface area contributed by atoms with Gasteiger partial charge in [-0.05, 0) is 49.6 Å². The third kappa shape index (κ3) is 3.91. The highest BCUT2D eigenvalue weighted by atomic mass is 32.1. The molecule has 4 nitrogen and oxygen atoms in total. The summed E-state index contributed by atoms with van der Waals surface area (Å²) in [4.78, 5) is 17.4. The Labute approximate surface area is 156 Å². The fraction of sp³-hybridized carbons (Fsp3) is 0.200. The summed E-state index contributed by atoms with van der Waals surface area (Å²) >= 11 is 1.25. The predicted molar refractivity (Wildman–Crippen MR) is 105 cm³/mol. The van der Waals surface area contributed by atoms with Gasteiger partial charge in [0.15, 0.2) is 5.13 Å². The molecule has 1 heterocycles. The minimum atomic E-state index is -0.457. The Morgan fingerprint density at radius 1 is 1.15 bits per heavy atom. The molecule has 1 amide bonds. The van der Waals surface area contributed by atoms with E-state index in [9.17, 15) is 9.18 Å². The van der Waals surface area contributed by atoms with Crippen LogP contribution >= 0.6 is 11.3 Å². The lowest BCUT2D eigenvalue weighted by Gasteiger charge is -2.07. The fourth-order valence-corrected chi connectivity index (χ4v) is 3.51. The van der Waals surface area contributed by atoms with Gasteiger partial charge in [0.2, 0.25) is 0 Å². The molecule has 2 aromatic carbocycles. The number of halogens is 1. The molecule has 0 aliphatic rings. The molecule has 0 spiro atoms. The Bertz CT molecular complexity index is 952. The zero-order chi connectivity index (χ0) is 18.7. The van der Waals surface area contributed by atoms with Gasteiger partial charge >= 0.3 is 0 Å². The van der Waals surface area contributed by atoms with Gasteiger partial charge in [0, 0.05) is 5.69 Å². The van der Waals surface area contributed by atoms with Gasteiger partial charge in [0.05, 0.1) is 11.4 Å². The zero-order valence-corrected chi connectivity index (χ0v) is 15.7. The molecular weight excluding hydrogens is 349 g/mol. The number of nitrogens with one attached hydrogen (secondary N) is 2. The van der Waals surface area contributed by atoms with Crippen LogP contribution in [0, 0.1) is 19.7 Å². The molecule has 0 radical (unpaired) electrons. The number of aryl methyl sites for hydroxylation is 3. The van der Waals surface area contributed by atoms with Gasteiger partial charge in [-0.15, -0.1) is 0 Å². The summed E-state index contributed by atoms with van der Waals surface area (Å²) in [7, 11) is 0. The normalized spacial score (nSPS) is 10.6. The van der Waals surface area contributed by atoms with Crippen molar-refractivity contribution in [2.24, 2.45) is 0 Å². The maximum atomic E-state index is 13.9. The van der Waals surface area contributed by atoms with Crippen LogP contribution in [0.3, 0.4) is 0 Å². The Hall–Kier alpha value is -2.73. The van der Waals surface area contributed by atoms with Crippen LogP contribution in [0.2, 0.25) is 0 Å². The number of nitrogens with zero attached hydrogens (tertiary/aromatic N) is 1. The summed E-state index contributed by atoms with van der Waals surface area (Å²) in [6.07, 6.45) is 0.896. The van der Waals surface area contributed by atoms with E-state index in [1.54, 1.807) is 19.1 Å². The second-order valence-electron chi connectivity index (χ2n) is 6.01. The topological polar surface area (TPSA) is 54.0 Å². The summed E-state index contributed by atoms with van der Waals surface area (Å²) in [6, 6.07) is 12.6. The van der Waals surface area contributed by atoms with Crippen LogP contribution in [0.25, 0.3) is 0 Å². The molecule has 0 unspecified atom stereocenters. The van der Waals surface area contributed by atoms with Crippen molar-refractivity contribution in [3.8, 4) is 0 Å². The fourth-order valence-electron chi connectivity index (χ4n) is 2.64. The summed E-state index contributed by atoms with van der Waals surface area (Å²) in [6.45, 7) is 5.71.